The van der Waals surface area contributed by atoms with Gasteiger partial charge in [-0.25, -0.2) is 0 Å². The summed E-state index contributed by atoms with van der Waals surface area (Å²) in [6, 6.07) is 2.41. The minimum Gasteiger partial charge on any atom is -0.484 e. The Labute approximate surface area is 130 Å². The molecule has 0 saturated heterocycles. The molecule has 0 aromatic heterocycles. The summed E-state index contributed by atoms with van der Waals surface area (Å²) in [5, 5.41) is 10.8. The molecule has 8 heteroatoms. The van der Waals surface area contributed by atoms with E-state index < -0.39 is 4.92 Å². The number of hydrogen-bond acceptors (Lipinski definition) is 4. The SMILES string of the molecule is CCOC1C(Cl)CC1Oc1c(Cl)cc([N+](=O)[O-])cc1Cl. The van der Waals surface area contributed by atoms with Crippen LogP contribution >= 0.6 is 34.8 Å². The van der Waals surface area contributed by atoms with Crippen LogP contribution in [0.1, 0.15) is 13.3 Å². The molecule has 0 N–H and O–H groups in total. The zero-order valence-electron chi connectivity index (χ0n) is 10.5. The fourth-order valence-electron chi connectivity index (χ4n) is 1.96. The highest BCUT2D eigenvalue weighted by atomic mass is 35.5. The summed E-state index contributed by atoms with van der Waals surface area (Å²) < 4.78 is 11.2. The van der Waals surface area contributed by atoms with Crippen LogP contribution < -0.4 is 4.74 Å². The van der Waals surface area contributed by atoms with Gasteiger partial charge in [-0.05, 0) is 6.92 Å². The number of benzene rings is 1. The van der Waals surface area contributed by atoms with E-state index in [-0.39, 0.29) is 39.1 Å². The van der Waals surface area contributed by atoms with Crippen molar-refractivity contribution in [3.8, 4) is 5.75 Å². The number of non-ortho nitro benzene ring substituents is 1. The van der Waals surface area contributed by atoms with Crippen LogP contribution in [0.4, 0.5) is 5.69 Å². The van der Waals surface area contributed by atoms with Crippen molar-refractivity contribution in [2.45, 2.75) is 30.9 Å². The summed E-state index contributed by atoms with van der Waals surface area (Å²) in [5.41, 5.74) is -0.183. The van der Waals surface area contributed by atoms with Crippen molar-refractivity contribution in [3.05, 3.63) is 32.3 Å². The van der Waals surface area contributed by atoms with Crippen LogP contribution in [-0.2, 0) is 4.74 Å². The average molecular weight is 341 g/mol. The predicted molar refractivity (Wildman–Crippen MR) is 77.2 cm³/mol. The van der Waals surface area contributed by atoms with E-state index in [2.05, 4.69) is 0 Å². The summed E-state index contributed by atoms with van der Waals surface area (Å²) in [6.07, 6.45) is 0.119. The lowest BCUT2D eigenvalue weighted by Gasteiger charge is -2.40. The number of alkyl halides is 1. The first-order chi connectivity index (χ1) is 9.43. The van der Waals surface area contributed by atoms with E-state index in [1.165, 1.54) is 12.1 Å². The van der Waals surface area contributed by atoms with Crippen molar-refractivity contribution in [1.29, 1.82) is 0 Å². The van der Waals surface area contributed by atoms with Gasteiger partial charge in [0.2, 0.25) is 0 Å². The summed E-state index contributed by atoms with van der Waals surface area (Å²) in [5.74, 6) is 0.220. The van der Waals surface area contributed by atoms with Crippen LogP contribution in [0.5, 0.6) is 5.75 Å². The van der Waals surface area contributed by atoms with Gasteiger partial charge in [-0.3, -0.25) is 10.1 Å². The van der Waals surface area contributed by atoms with Gasteiger partial charge in [0.25, 0.3) is 5.69 Å². The van der Waals surface area contributed by atoms with Gasteiger partial charge in [0.05, 0.1) is 20.3 Å². The van der Waals surface area contributed by atoms with Crippen molar-refractivity contribution in [2.75, 3.05) is 6.61 Å². The molecular weight excluding hydrogens is 328 g/mol. The van der Waals surface area contributed by atoms with Gasteiger partial charge in [-0.15, -0.1) is 11.6 Å². The maximum absolute atomic E-state index is 10.7. The molecule has 0 amide bonds. The van der Waals surface area contributed by atoms with Gasteiger partial charge in [0.15, 0.2) is 5.75 Å². The smallest absolute Gasteiger partial charge is 0.272 e. The Kier molecular flexibility index (Phi) is 4.96. The molecule has 0 radical (unpaired) electrons. The third-order valence-corrected chi connectivity index (χ3v) is 3.99. The molecular formula is C12H12Cl3NO4. The van der Waals surface area contributed by atoms with Crippen molar-refractivity contribution in [3.63, 3.8) is 0 Å². The molecule has 1 fully saturated rings. The second kappa shape index (κ2) is 6.35. The maximum Gasteiger partial charge on any atom is 0.272 e. The zero-order valence-corrected chi connectivity index (χ0v) is 12.8. The fourth-order valence-corrected chi connectivity index (χ4v) is 2.94. The Morgan fingerprint density at radius 1 is 1.40 bits per heavy atom. The standard InChI is InChI=1S/C12H12Cl3NO4/c1-2-19-12-9(15)5-10(12)20-11-7(13)3-6(16(17)18)4-8(11)14/h3-4,9-10,12H,2,5H2,1H3. The fraction of sp³-hybridized carbons (Fsp3) is 0.500. The van der Waals surface area contributed by atoms with Gasteiger partial charge in [-0.2, -0.15) is 0 Å². The van der Waals surface area contributed by atoms with Gasteiger partial charge < -0.3 is 9.47 Å². The van der Waals surface area contributed by atoms with Crippen LogP contribution in [0.25, 0.3) is 0 Å². The van der Waals surface area contributed by atoms with E-state index in [4.69, 9.17) is 44.3 Å². The first-order valence-corrected chi connectivity index (χ1v) is 7.19. The lowest BCUT2D eigenvalue weighted by Crippen LogP contribution is -2.52. The minimum atomic E-state index is -0.567. The quantitative estimate of drug-likeness (QED) is 0.460. The maximum atomic E-state index is 10.7. The molecule has 0 heterocycles. The molecule has 1 saturated carbocycles. The van der Waals surface area contributed by atoms with Crippen molar-refractivity contribution >= 4 is 40.5 Å². The Morgan fingerprint density at radius 3 is 2.45 bits per heavy atom. The number of nitrogens with zero attached hydrogens (tertiary/aromatic N) is 1. The van der Waals surface area contributed by atoms with E-state index in [1.54, 1.807) is 0 Å². The van der Waals surface area contributed by atoms with E-state index in [0.717, 1.165) is 0 Å². The van der Waals surface area contributed by atoms with Gasteiger partial charge in [-0.1, -0.05) is 23.2 Å². The summed E-state index contributed by atoms with van der Waals surface area (Å²) in [6.45, 7) is 2.39. The third kappa shape index (κ3) is 3.11. The molecule has 1 aliphatic carbocycles. The van der Waals surface area contributed by atoms with Crippen LogP contribution in [0.3, 0.4) is 0 Å². The highest BCUT2D eigenvalue weighted by Gasteiger charge is 2.43. The second-order valence-electron chi connectivity index (χ2n) is 4.32. The summed E-state index contributed by atoms with van der Waals surface area (Å²) >= 11 is 18.0. The molecule has 1 aromatic carbocycles. The molecule has 1 aromatic rings. The van der Waals surface area contributed by atoms with Crippen LogP contribution in [-0.4, -0.2) is 29.1 Å². The molecule has 0 bridgehead atoms. The van der Waals surface area contributed by atoms with Crippen LogP contribution in [0, 0.1) is 10.1 Å². The lowest BCUT2D eigenvalue weighted by atomic mass is 9.91. The molecule has 0 spiro atoms. The Hall–Kier alpha value is -0.750. The van der Waals surface area contributed by atoms with E-state index in [9.17, 15) is 10.1 Å². The first kappa shape index (κ1) is 15.6. The Bertz CT molecular complexity index is 502. The average Bonchev–Trinajstić information content (AvgIpc) is 2.38. The monoisotopic (exact) mass is 339 g/mol. The highest BCUT2D eigenvalue weighted by Crippen LogP contribution is 2.41. The summed E-state index contributed by atoms with van der Waals surface area (Å²) in [7, 11) is 0. The normalized spacial score (nSPS) is 25.1. The Balaban J connectivity index is 2.16. The highest BCUT2D eigenvalue weighted by molar-refractivity contribution is 6.37. The number of hydrogen-bond donors (Lipinski definition) is 0. The minimum absolute atomic E-state index is 0.0949. The third-order valence-electron chi connectivity index (χ3n) is 3.00. The van der Waals surface area contributed by atoms with E-state index in [1.807, 2.05) is 6.92 Å². The predicted octanol–water partition coefficient (Wildman–Crippen LogP) is 4.07. The molecule has 3 atom stereocenters. The van der Waals surface area contributed by atoms with Gasteiger partial charge in [0.1, 0.15) is 12.2 Å². The molecule has 1 aliphatic rings. The zero-order chi connectivity index (χ0) is 14.9. The van der Waals surface area contributed by atoms with Gasteiger partial charge in [0, 0.05) is 25.2 Å². The number of halogens is 3. The van der Waals surface area contributed by atoms with Crippen LogP contribution in [0.2, 0.25) is 10.0 Å². The molecule has 0 aliphatic heterocycles. The van der Waals surface area contributed by atoms with Crippen molar-refractivity contribution in [2.24, 2.45) is 0 Å². The number of nitro groups is 1. The molecule has 5 nitrogen and oxygen atoms in total. The molecule has 110 valence electrons. The first-order valence-electron chi connectivity index (χ1n) is 5.99. The molecule has 20 heavy (non-hydrogen) atoms. The van der Waals surface area contributed by atoms with Crippen molar-refractivity contribution in [1.82, 2.24) is 0 Å². The number of ether oxygens (including phenoxy) is 2. The second-order valence-corrected chi connectivity index (χ2v) is 5.70. The molecule has 2 rings (SSSR count). The number of nitro benzene ring substituents is 1. The largest absolute Gasteiger partial charge is 0.484 e. The summed E-state index contributed by atoms with van der Waals surface area (Å²) in [4.78, 5) is 10.1. The van der Waals surface area contributed by atoms with Crippen LogP contribution in [0.15, 0.2) is 12.1 Å². The lowest BCUT2D eigenvalue weighted by molar-refractivity contribution is -0.384. The Morgan fingerprint density at radius 2 is 2.00 bits per heavy atom. The number of rotatable bonds is 5. The van der Waals surface area contributed by atoms with E-state index >= 15 is 0 Å². The molecule has 3 unspecified atom stereocenters. The van der Waals surface area contributed by atoms with E-state index in [0.29, 0.717) is 13.0 Å². The topological polar surface area (TPSA) is 61.6 Å². The van der Waals surface area contributed by atoms with Gasteiger partial charge >= 0.3 is 0 Å². The van der Waals surface area contributed by atoms with Crippen molar-refractivity contribution < 1.29 is 14.4 Å².